The van der Waals surface area contributed by atoms with Gasteiger partial charge in [-0.05, 0) is 29.9 Å². The molecule has 4 heteroatoms. The van der Waals surface area contributed by atoms with Gasteiger partial charge in [-0.25, -0.2) is 0 Å². The highest BCUT2D eigenvalue weighted by Gasteiger charge is 2.14. The number of hydrogen-bond acceptors (Lipinski definition) is 3. The maximum Gasteiger partial charge on any atom is 0.134 e. The molecule has 1 unspecified atom stereocenters. The van der Waals surface area contributed by atoms with Crippen molar-refractivity contribution in [2.75, 3.05) is 11.5 Å². The number of benzene rings is 1. The van der Waals surface area contributed by atoms with Crippen LogP contribution in [0.25, 0.3) is 0 Å². The van der Waals surface area contributed by atoms with Crippen LogP contribution in [0.1, 0.15) is 12.0 Å². The third-order valence-electron chi connectivity index (χ3n) is 2.54. The summed E-state index contributed by atoms with van der Waals surface area (Å²) in [7, 11) is 0. The predicted octanol–water partition coefficient (Wildman–Crippen LogP) is 2.64. The van der Waals surface area contributed by atoms with Crippen LogP contribution in [-0.4, -0.2) is 22.7 Å². The first kappa shape index (κ1) is 11.1. The van der Waals surface area contributed by atoms with Gasteiger partial charge in [-0.1, -0.05) is 17.7 Å². The van der Waals surface area contributed by atoms with Crippen molar-refractivity contribution in [1.82, 2.24) is 5.32 Å². The van der Waals surface area contributed by atoms with E-state index in [0.29, 0.717) is 11.1 Å². The van der Waals surface area contributed by atoms with Crippen LogP contribution in [0.2, 0.25) is 5.02 Å². The normalized spacial score (nSPS) is 20.7. The lowest BCUT2D eigenvalue weighted by Gasteiger charge is -2.11. The van der Waals surface area contributed by atoms with E-state index < -0.39 is 0 Å². The van der Waals surface area contributed by atoms with Gasteiger partial charge < -0.3 is 10.4 Å². The summed E-state index contributed by atoms with van der Waals surface area (Å²) in [5, 5.41) is 13.2. The molecule has 0 bridgehead atoms. The molecule has 0 spiro atoms. The summed E-state index contributed by atoms with van der Waals surface area (Å²) in [4.78, 5) is 0. The number of halogens is 1. The van der Waals surface area contributed by atoms with Gasteiger partial charge in [0.1, 0.15) is 5.75 Å². The Morgan fingerprint density at radius 2 is 2.40 bits per heavy atom. The summed E-state index contributed by atoms with van der Waals surface area (Å²) in [5.74, 6) is 2.61. The van der Waals surface area contributed by atoms with Gasteiger partial charge in [0.25, 0.3) is 0 Å². The predicted molar refractivity (Wildman–Crippen MR) is 65.7 cm³/mol. The van der Waals surface area contributed by atoms with Crippen molar-refractivity contribution in [2.45, 2.75) is 19.0 Å². The second kappa shape index (κ2) is 5.10. The molecule has 1 saturated heterocycles. The second-order valence-corrected chi connectivity index (χ2v) is 5.28. The summed E-state index contributed by atoms with van der Waals surface area (Å²) < 4.78 is 0. The van der Waals surface area contributed by atoms with Crippen LogP contribution in [0, 0.1) is 0 Å². The van der Waals surface area contributed by atoms with E-state index in [-0.39, 0.29) is 5.75 Å². The third kappa shape index (κ3) is 3.03. The number of hydrogen-bond donors (Lipinski definition) is 2. The Morgan fingerprint density at radius 1 is 1.53 bits per heavy atom. The quantitative estimate of drug-likeness (QED) is 0.856. The van der Waals surface area contributed by atoms with E-state index in [9.17, 15) is 5.11 Å². The van der Waals surface area contributed by atoms with E-state index in [1.54, 1.807) is 6.07 Å². The van der Waals surface area contributed by atoms with Gasteiger partial charge in [-0.3, -0.25) is 0 Å². The van der Waals surface area contributed by atoms with Crippen molar-refractivity contribution >= 4 is 23.4 Å². The number of phenols is 1. The fourth-order valence-corrected chi connectivity index (χ4v) is 3.01. The molecule has 2 N–H and O–H groups in total. The standard InChI is InChI=1S/C11H14ClNOS/c12-10-5-8(1-2-11(10)14)6-13-9-3-4-15-7-9/h1-2,5,9,13-14H,3-4,6-7H2. The summed E-state index contributed by atoms with van der Waals surface area (Å²) in [5.41, 5.74) is 1.12. The van der Waals surface area contributed by atoms with Crippen LogP contribution in [0.4, 0.5) is 0 Å². The summed E-state index contributed by atoms with van der Waals surface area (Å²) >= 11 is 7.82. The Bertz CT molecular complexity index is 339. The molecule has 1 aromatic carbocycles. The summed E-state index contributed by atoms with van der Waals surface area (Å²) in [6.45, 7) is 0.825. The molecule has 2 rings (SSSR count). The van der Waals surface area contributed by atoms with Crippen molar-refractivity contribution < 1.29 is 5.11 Å². The van der Waals surface area contributed by atoms with E-state index >= 15 is 0 Å². The minimum absolute atomic E-state index is 0.150. The molecular formula is C11H14ClNOS. The van der Waals surface area contributed by atoms with Gasteiger partial charge in [0.05, 0.1) is 5.02 Å². The zero-order chi connectivity index (χ0) is 10.7. The first-order valence-corrected chi connectivity index (χ1v) is 6.57. The van der Waals surface area contributed by atoms with E-state index in [2.05, 4.69) is 5.32 Å². The second-order valence-electron chi connectivity index (χ2n) is 3.73. The van der Waals surface area contributed by atoms with Crippen molar-refractivity contribution in [3.63, 3.8) is 0 Å². The number of thioether (sulfide) groups is 1. The Kier molecular flexibility index (Phi) is 3.78. The Balaban J connectivity index is 1.90. The number of rotatable bonds is 3. The fourth-order valence-electron chi connectivity index (χ4n) is 1.62. The topological polar surface area (TPSA) is 32.3 Å². The molecule has 0 aliphatic carbocycles. The molecular weight excluding hydrogens is 230 g/mol. The molecule has 1 heterocycles. The summed E-state index contributed by atoms with van der Waals surface area (Å²) in [6, 6.07) is 5.98. The lowest BCUT2D eigenvalue weighted by molar-refractivity contribution is 0.475. The van der Waals surface area contributed by atoms with Crippen LogP contribution in [0.3, 0.4) is 0 Å². The molecule has 1 aliphatic rings. The van der Waals surface area contributed by atoms with Crippen LogP contribution in [0.15, 0.2) is 18.2 Å². The largest absolute Gasteiger partial charge is 0.506 e. The molecule has 1 aromatic rings. The first-order chi connectivity index (χ1) is 7.25. The zero-order valence-corrected chi connectivity index (χ0v) is 9.94. The Morgan fingerprint density at radius 3 is 3.07 bits per heavy atom. The zero-order valence-electron chi connectivity index (χ0n) is 8.37. The smallest absolute Gasteiger partial charge is 0.134 e. The monoisotopic (exact) mass is 243 g/mol. The lowest BCUT2D eigenvalue weighted by atomic mass is 10.2. The molecule has 2 nitrogen and oxygen atoms in total. The van der Waals surface area contributed by atoms with E-state index in [4.69, 9.17) is 11.6 Å². The molecule has 1 aliphatic heterocycles. The van der Waals surface area contributed by atoms with Gasteiger partial charge in [0.15, 0.2) is 0 Å². The maximum absolute atomic E-state index is 9.27. The van der Waals surface area contributed by atoms with Gasteiger partial charge in [-0.15, -0.1) is 0 Å². The molecule has 0 aromatic heterocycles. The average molecular weight is 244 g/mol. The highest BCUT2D eigenvalue weighted by molar-refractivity contribution is 7.99. The highest BCUT2D eigenvalue weighted by atomic mass is 35.5. The fraction of sp³-hybridized carbons (Fsp3) is 0.455. The molecule has 82 valence electrons. The van der Waals surface area contributed by atoms with Crippen molar-refractivity contribution in [3.05, 3.63) is 28.8 Å². The number of phenolic OH excluding ortho intramolecular Hbond substituents is 1. The molecule has 0 radical (unpaired) electrons. The number of nitrogens with one attached hydrogen (secondary N) is 1. The van der Waals surface area contributed by atoms with Crippen molar-refractivity contribution in [3.8, 4) is 5.75 Å². The molecule has 15 heavy (non-hydrogen) atoms. The van der Waals surface area contributed by atoms with Gasteiger partial charge >= 0.3 is 0 Å². The van der Waals surface area contributed by atoms with Gasteiger partial charge in [0, 0.05) is 18.3 Å². The Labute approximate surface area is 99.0 Å². The van der Waals surface area contributed by atoms with Crippen molar-refractivity contribution in [1.29, 1.82) is 0 Å². The van der Waals surface area contributed by atoms with Crippen LogP contribution in [0.5, 0.6) is 5.75 Å². The number of aromatic hydroxyl groups is 1. The molecule has 0 saturated carbocycles. The highest BCUT2D eigenvalue weighted by Crippen LogP contribution is 2.24. The molecule has 1 fully saturated rings. The minimum Gasteiger partial charge on any atom is -0.506 e. The van der Waals surface area contributed by atoms with Crippen molar-refractivity contribution in [2.24, 2.45) is 0 Å². The van der Waals surface area contributed by atoms with Crippen LogP contribution < -0.4 is 5.32 Å². The van der Waals surface area contributed by atoms with Crippen LogP contribution >= 0.6 is 23.4 Å². The molecule has 0 amide bonds. The van der Waals surface area contributed by atoms with E-state index in [1.165, 1.54) is 17.9 Å². The SMILES string of the molecule is Oc1ccc(CNC2CCSC2)cc1Cl. The lowest BCUT2D eigenvalue weighted by Crippen LogP contribution is -2.27. The van der Waals surface area contributed by atoms with E-state index in [0.717, 1.165) is 12.1 Å². The summed E-state index contributed by atoms with van der Waals surface area (Å²) in [6.07, 6.45) is 1.25. The maximum atomic E-state index is 9.27. The minimum atomic E-state index is 0.150. The van der Waals surface area contributed by atoms with Gasteiger partial charge in [0.2, 0.25) is 0 Å². The van der Waals surface area contributed by atoms with E-state index in [1.807, 2.05) is 23.9 Å². The molecule has 1 atom stereocenters. The Hall–Kier alpha value is -0.380. The van der Waals surface area contributed by atoms with Crippen LogP contribution in [-0.2, 0) is 6.54 Å². The van der Waals surface area contributed by atoms with Gasteiger partial charge in [-0.2, -0.15) is 11.8 Å². The third-order valence-corrected chi connectivity index (χ3v) is 4.00. The average Bonchev–Trinajstić information content (AvgIpc) is 2.73. The first-order valence-electron chi connectivity index (χ1n) is 5.04.